The Bertz CT molecular complexity index is 5090. The second-order valence-electron chi connectivity index (χ2n) is 19.3. The molecule has 14 rings (SSSR count). The summed E-state index contributed by atoms with van der Waals surface area (Å²) < 4.78 is 125. The van der Waals surface area contributed by atoms with Gasteiger partial charge in [-0.05, 0) is 48.5 Å². The fraction of sp³-hybridized carbons (Fsp3) is 0. The minimum atomic E-state index is -4.38. The predicted molar refractivity (Wildman–Crippen MR) is 334 cm³/mol. The van der Waals surface area contributed by atoms with Gasteiger partial charge in [-0.2, -0.15) is 33.7 Å². The summed E-state index contributed by atoms with van der Waals surface area (Å²) in [5, 5.41) is 3.92. The van der Waals surface area contributed by atoms with Crippen molar-refractivity contribution in [1.29, 1.82) is 0 Å². The van der Waals surface area contributed by atoms with Gasteiger partial charge in [0.05, 0.1) is 22.3 Å². The molecule has 4 aliphatic rings. The summed E-state index contributed by atoms with van der Waals surface area (Å²) in [5.41, 5.74) is 24.0. The van der Waals surface area contributed by atoms with Crippen molar-refractivity contribution in [2.45, 2.75) is 19.6 Å². The van der Waals surface area contributed by atoms with Crippen LogP contribution in [0, 0.1) is 0 Å². The van der Waals surface area contributed by atoms with Gasteiger partial charge < -0.3 is 22.9 Å². The van der Waals surface area contributed by atoms with E-state index in [1.54, 1.807) is 15.4 Å². The summed E-state index contributed by atoms with van der Waals surface area (Å²) in [6.07, 6.45) is 0. The number of hydrogen-bond donors (Lipinski definition) is 8. The van der Waals surface area contributed by atoms with Crippen molar-refractivity contribution in [2.75, 3.05) is 0 Å². The molecule has 475 valence electrons. The summed E-state index contributed by atoms with van der Waals surface area (Å²) in [4.78, 5) is 71.7. The Balaban J connectivity index is 0.000000149. The molecule has 0 aliphatic carbocycles. The van der Waals surface area contributed by atoms with Gasteiger partial charge in [-0.15, -0.1) is 0 Å². The first-order valence-electron chi connectivity index (χ1n) is 26.3. The van der Waals surface area contributed by atoms with Crippen LogP contribution in [0.1, 0.15) is 63.7 Å². The second-order valence-corrected chi connectivity index (χ2v) is 25.9. The molecule has 0 saturated carbocycles. The van der Waals surface area contributed by atoms with E-state index < -0.39 is 83.7 Å². The number of primary amides is 4. The third-order valence-corrected chi connectivity index (χ3v) is 18.2. The van der Waals surface area contributed by atoms with Crippen LogP contribution >= 0.6 is 0 Å². The number of carbonyl (C=O) groups is 4. The molecular formula is C60H44CuN12O16S4. The van der Waals surface area contributed by atoms with Crippen LogP contribution in [0.4, 0.5) is 11.6 Å². The number of aromatic nitrogens is 2. The topological polar surface area (TPSA) is 474 Å². The maximum absolute atomic E-state index is 10.7. The molecule has 0 radical (unpaired) electrons. The van der Waals surface area contributed by atoms with Gasteiger partial charge in [0.2, 0.25) is 23.6 Å². The number of benzene rings is 8. The molecule has 6 heterocycles. The molecule has 0 unspecified atom stereocenters. The van der Waals surface area contributed by atoms with Crippen LogP contribution in [0.3, 0.4) is 0 Å². The summed E-state index contributed by atoms with van der Waals surface area (Å²) in [6.45, 7) is 0. The first-order chi connectivity index (χ1) is 44.0. The van der Waals surface area contributed by atoms with E-state index >= 15 is 0 Å². The Labute approximate surface area is 533 Å². The quantitative estimate of drug-likeness (QED) is 0.0735. The van der Waals surface area contributed by atoms with Gasteiger partial charge >= 0.3 is 239 Å². The molecule has 2 aromatic heterocycles. The Kier molecular flexibility index (Phi) is 18.1. The molecule has 28 nitrogen and oxygen atoms in total. The van der Waals surface area contributed by atoms with Gasteiger partial charge in [-0.25, -0.2) is 0 Å². The number of rotatable bonds is 8. The van der Waals surface area contributed by atoms with Crippen LogP contribution in [0.5, 0.6) is 0 Å². The van der Waals surface area contributed by atoms with Crippen molar-refractivity contribution in [3.8, 4) is 0 Å². The zero-order chi connectivity index (χ0) is 66.9. The number of fused-ring (bicyclic) bond motifs is 14. The summed E-state index contributed by atoms with van der Waals surface area (Å²) in [6, 6.07) is 53.4. The zero-order valence-electron chi connectivity index (χ0n) is 47.0. The van der Waals surface area contributed by atoms with Crippen molar-refractivity contribution >= 4 is 121 Å². The molecule has 6 bridgehead atoms. The van der Waals surface area contributed by atoms with Gasteiger partial charge in [0.25, 0.3) is 40.5 Å². The van der Waals surface area contributed by atoms with Crippen LogP contribution < -0.4 is 33.9 Å². The molecule has 4 amide bonds. The second kappa shape index (κ2) is 25.8. The van der Waals surface area contributed by atoms with Crippen LogP contribution in [-0.2, 0) is 55.9 Å². The summed E-state index contributed by atoms with van der Waals surface area (Å²) in [7, 11) is -17.5. The standard InChI is InChI=1S/C32H16N8.4C7H7NO4S.Cu/c1-2-10-18-17(9-1)25-33-26(18)38-28-21-13-5-6-14-22(21)30(35-28)40-32-24-16-8-7-15-23(24)31(36-32)39-29-20-12-4-3-11-19(20)27(34-29)37-25;4*8-7(9)5-3-1-2-4-6(5)13(10,11)12;/h1-16H;4*1-4H,(H2,8,9)(H,10,11,12);/q-2;;;;;+2. The maximum atomic E-state index is 10.7. The van der Waals surface area contributed by atoms with E-state index in [1.165, 1.54) is 72.8 Å². The average molecular weight is 1380 g/mol. The van der Waals surface area contributed by atoms with Crippen molar-refractivity contribution in [3.05, 3.63) is 250 Å². The van der Waals surface area contributed by atoms with Gasteiger partial charge in [0, 0.05) is 0 Å². The van der Waals surface area contributed by atoms with Gasteiger partial charge in [0.1, 0.15) is 19.6 Å². The monoisotopic (exact) mass is 1380 g/mol. The summed E-state index contributed by atoms with van der Waals surface area (Å²) >= 11 is 1.62. The SMILES string of the molecule is NC(=O)c1ccccc1S(=O)(=O)O.NC(=O)c1ccccc1S(=O)(=O)O.NC(=O)c1ccccc1S(=O)(=O)O.NC(=O)c1ccccc1S(=O)(=O)O.c1ccc2c(c1)C1=NC/2=N\c2c3ccccc3c3[n]2[Cu][n]2/c(c4ccccc4/c2=N/C2=N\C(=N/3)c3ccccc32)=N\1. The van der Waals surface area contributed by atoms with E-state index in [0.29, 0.717) is 23.3 Å². The van der Waals surface area contributed by atoms with Crippen molar-refractivity contribution < 1.29 is 86.5 Å². The first kappa shape index (κ1) is 65.1. The van der Waals surface area contributed by atoms with E-state index in [9.17, 15) is 52.8 Å². The first-order valence-corrected chi connectivity index (χ1v) is 32.9. The van der Waals surface area contributed by atoms with Crippen molar-refractivity contribution in [3.63, 3.8) is 0 Å². The molecule has 0 saturated heterocycles. The Morgan fingerprint density at radius 2 is 0.527 bits per heavy atom. The normalized spacial score (nSPS) is 15.1. The molecular weight excluding hydrogens is 1340 g/mol. The van der Waals surface area contributed by atoms with Crippen LogP contribution in [0.2, 0.25) is 0 Å². The number of hydrogen-bond acceptors (Lipinski definition) is 18. The van der Waals surface area contributed by atoms with Gasteiger partial charge in [0.15, 0.2) is 0 Å². The number of amides is 4. The van der Waals surface area contributed by atoms with Crippen molar-refractivity contribution in [2.24, 2.45) is 52.9 Å². The van der Waals surface area contributed by atoms with E-state index in [0.717, 1.165) is 90.7 Å². The number of amidine groups is 4. The van der Waals surface area contributed by atoms with Gasteiger partial charge in [-0.3, -0.25) is 37.4 Å². The molecule has 12 N–H and O–H groups in total. The summed E-state index contributed by atoms with van der Waals surface area (Å²) in [5.74, 6) is 0.460. The molecule has 33 heteroatoms. The Morgan fingerprint density at radius 1 is 0.301 bits per heavy atom. The molecule has 0 atom stereocenters. The van der Waals surface area contributed by atoms with Crippen LogP contribution in [0.25, 0.3) is 21.5 Å². The Hall–Kier alpha value is -10.8. The van der Waals surface area contributed by atoms with Gasteiger partial charge in [-0.1, -0.05) is 48.5 Å². The van der Waals surface area contributed by atoms with E-state index in [1.807, 2.05) is 48.5 Å². The molecule has 0 fully saturated rings. The molecule has 8 aromatic carbocycles. The third-order valence-electron chi connectivity index (χ3n) is 13.4. The Morgan fingerprint density at radius 3 is 0.774 bits per heavy atom. The number of nitrogens with two attached hydrogens (primary N) is 4. The zero-order valence-corrected chi connectivity index (χ0v) is 51.2. The average Bonchev–Trinajstić information content (AvgIpc) is 1.57. The predicted octanol–water partition coefficient (Wildman–Crippen LogP) is 4.98. The molecule has 10 aromatic rings. The van der Waals surface area contributed by atoms with E-state index in [2.05, 4.69) is 55.7 Å². The number of carbonyl (C=O) groups excluding carboxylic acids is 4. The number of aliphatic imine (C=N–C) groups is 4. The molecule has 0 spiro atoms. The molecule has 4 aliphatic heterocycles. The van der Waals surface area contributed by atoms with Crippen molar-refractivity contribution in [1.82, 2.24) is 7.17 Å². The number of nitrogens with zero attached hydrogens (tertiary/aromatic N) is 8. The fourth-order valence-corrected chi connectivity index (χ4v) is 13.4. The molecule has 93 heavy (non-hydrogen) atoms. The van der Waals surface area contributed by atoms with Crippen LogP contribution in [0.15, 0.2) is 244 Å². The third kappa shape index (κ3) is 13.6. The van der Waals surface area contributed by atoms with E-state index in [4.69, 9.17) is 71.1 Å². The van der Waals surface area contributed by atoms with E-state index in [-0.39, 0.29) is 22.3 Å². The minimum absolute atomic E-state index is 0.218. The van der Waals surface area contributed by atoms with Crippen LogP contribution in [-0.4, -0.2) is 106 Å². The fourth-order valence-electron chi connectivity index (χ4n) is 9.42.